The van der Waals surface area contributed by atoms with Gasteiger partial charge in [0.15, 0.2) is 11.5 Å². The van der Waals surface area contributed by atoms with Crippen molar-refractivity contribution in [1.29, 1.82) is 0 Å². The van der Waals surface area contributed by atoms with Gasteiger partial charge in [-0.3, -0.25) is 4.90 Å². The van der Waals surface area contributed by atoms with Crippen LogP contribution in [-0.2, 0) is 6.54 Å². The van der Waals surface area contributed by atoms with Crippen LogP contribution in [0.1, 0.15) is 12.5 Å². The minimum absolute atomic E-state index is 0.780. The van der Waals surface area contributed by atoms with Crippen molar-refractivity contribution >= 4 is 0 Å². The Kier molecular flexibility index (Phi) is 6.67. The van der Waals surface area contributed by atoms with Crippen LogP contribution in [0.15, 0.2) is 18.2 Å². The van der Waals surface area contributed by atoms with Crippen molar-refractivity contribution in [2.75, 3.05) is 47.9 Å². The lowest BCUT2D eigenvalue weighted by Crippen LogP contribution is -2.31. The predicted octanol–water partition coefficient (Wildman–Crippen LogP) is 2.09. The summed E-state index contributed by atoms with van der Waals surface area (Å²) in [4.78, 5) is 4.62. The fourth-order valence-electron chi connectivity index (χ4n) is 1.93. The molecule has 0 aliphatic rings. The van der Waals surface area contributed by atoms with Crippen LogP contribution < -0.4 is 9.47 Å². The van der Waals surface area contributed by atoms with Crippen LogP contribution in [0.4, 0.5) is 0 Å². The second kappa shape index (κ2) is 8.02. The molecule has 1 rings (SSSR count). The highest BCUT2D eigenvalue weighted by atomic mass is 16.5. The zero-order valence-electron chi connectivity index (χ0n) is 12.8. The van der Waals surface area contributed by atoms with Gasteiger partial charge in [-0.2, -0.15) is 0 Å². The Bertz CT molecular complexity index is 380. The third kappa shape index (κ3) is 5.09. The van der Waals surface area contributed by atoms with Crippen LogP contribution in [0.5, 0.6) is 11.5 Å². The normalized spacial score (nSPS) is 11.1. The Morgan fingerprint density at radius 2 is 1.68 bits per heavy atom. The Labute approximate surface area is 116 Å². The van der Waals surface area contributed by atoms with Gasteiger partial charge in [-0.05, 0) is 38.3 Å². The predicted molar refractivity (Wildman–Crippen MR) is 79.1 cm³/mol. The lowest BCUT2D eigenvalue weighted by atomic mass is 10.2. The molecule has 0 aliphatic carbocycles. The molecule has 1 aromatic carbocycles. The lowest BCUT2D eigenvalue weighted by Gasteiger charge is -2.23. The molecule has 0 saturated heterocycles. The van der Waals surface area contributed by atoms with E-state index in [9.17, 15) is 0 Å². The number of methoxy groups -OCH3 is 2. The monoisotopic (exact) mass is 266 g/mol. The molecule has 0 fully saturated rings. The van der Waals surface area contributed by atoms with Gasteiger partial charge in [0, 0.05) is 19.6 Å². The van der Waals surface area contributed by atoms with E-state index in [1.54, 1.807) is 14.2 Å². The maximum Gasteiger partial charge on any atom is 0.161 e. The van der Waals surface area contributed by atoms with Crippen LogP contribution in [0.25, 0.3) is 0 Å². The first-order chi connectivity index (χ1) is 9.10. The number of hydrogen-bond donors (Lipinski definition) is 0. The molecule has 108 valence electrons. The zero-order chi connectivity index (χ0) is 14.3. The van der Waals surface area contributed by atoms with E-state index in [2.05, 4.69) is 43.0 Å². The molecule has 4 heteroatoms. The highest BCUT2D eigenvalue weighted by Gasteiger charge is 2.08. The summed E-state index contributed by atoms with van der Waals surface area (Å²) in [6.45, 7) is 6.31. The fraction of sp³-hybridized carbons (Fsp3) is 0.600. The SMILES string of the molecule is CCN(CCN(C)C)Cc1ccc(OC)c(OC)c1. The molecule has 0 unspecified atom stereocenters. The van der Waals surface area contributed by atoms with Gasteiger partial charge in [-0.25, -0.2) is 0 Å². The quantitative estimate of drug-likeness (QED) is 0.719. The van der Waals surface area contributed by atoms with E-state index in [1.807, 2.05) is 6.07 Å². The van der Waals surface area contributed by atoms with Gasteiger partial charge in [-0.1, -0.05) is 13.0 Å². The van der Waals surface area contributed by atoms with Crippen molar-refractivity contribution in [3.05, 3.63) is 23.8 Å². The third-order valence-corrected chi connectivity index (χ3v) is 3.16. The van der Waals surface area contributed by atoms with Crippen molar-refractivity contribution in [2.24, 2.45) is 0 Å². The van der Waals surface area contributed by atoms with Crippen molar-refractivity contribution in [3.63, 3.8) is 0 Å². The molecule has 0 saturated carbocycles. The number of nitrogens with zero attached hydrogens (tertiary/aromatic N) is 2. The van der Waals surface area contributed by atoms with E-state index < -0.39 is 0 Å². The minimum Gasteiger partial charge on any atom is -0.493 e. The summed E-state index contributed by atoms with van der Waals surface area (Å²) in [5, 5.41) is 0. The smallest absolute Gasteiger partial charge is 0.161 e. The highest BCUT2D eigenvalue weighted by Crippen LogP contribution is 2.27. The van der Waals surface area contributed by atoms with Crippen molar-refractivity contribution in [3.8, 4) is 11.5 Å². The molecule has 0 aromatic heterocycles. The van der Waals surface area contributed by atoms with Crippen LogP contribution in [0.2, 0.25) is 0 Å². The molecule has 4 nitrogen and oxygen atoms in total. The molecule has 0 N–H and O–H groups in total. The van der Waals surface area contributed by atoms with Crippen LogP contribution in [-0.4, -0.2) is 57.7 Å². The number of ether oxygens (including phenoxy) is 2. The molecule has 0 atom stereocenters. The summed E-state index contributed by atoms with van der Waals surface area (Å²) in [6.07, 6.45) is 0. The number of hydrogen-bond acceptors (Lipinski definition) is 4. The van der Waals surface area contributed by atoms with E-state index in [0.29, 0.717) is 0 Å². The van der Waals surface area contributed by atoms with Gasteiger partial charge >= 0.3 is 0 Å². The van der Waals surface area contributed by atoms with Gasteiger partial charge in [-0.15, -0.1) is 0 Å². The van der Waals surface area contributed by atoms with Gasteiger partial charge in [0.05, 0.1) is 14.2 Å². The van der Waals surface area contributed by atoms with E-state index in [-0.39, 0.29) is 0 Å². The van der Waals surface area contributed by atoms with Gasteiger partial charge in [0.1, 0.15) is 0 Å². The molecule has 0 amide bonds. The Balaban J connectivity index is 2.68. The molecule has 19 heavy (non-hydrogen) atoms. The maximum atomic E-state index is 5.34. The first-order valence-corrected chi connectivity index (χ1v) is 6.68. The summed E-state index contributed by atoms with van der Waals surface area (Å²) >= 11 is 0. The van der Waals surface area contributed by atoms with Gasteiger partial charge in [0.2, 0.25) is 0 Å². The van der Waals surface area contributed by atoms with Crippen LogP contribution >= 0.6 is 0 Å². The average Bonchev–Trinajstić information content (AvgIpc) is 2.42. The summed E-state index contributed by atoms with van der Waals surface area (Å²) in [5.41, 5.74) is 1.25. The first kappa shape index (κ1) is 15.8. The average molecular weight is 266 g/mol. The first-order valence-electron chi connectivity index (χ1n) is 6.68. The van der Waals surface area contributed by atoms with E-state index in [1.165, 1.54) is 5.56 Å². The lowest BCUT2D eigenvalue weighted by molar-refractivity contribution is 0.243. The summed E-state index contributed by atoms with van der Waals surface area (Å²) in [6, 6.07) is 6.12. The zero-order valence-corrected chi connectivity index (χ0v) is 12.8. The molecular formula is C15H26N2O2. The van der Waals surface area contributed by atoms with Crippen LogP contribution in [0, 0.1) is 0 Å². The molecule has 0 aliphatic heterocycles. The van der Waals surface area contributed by atoms with Crippen LogP contribution in [0.3, 0.4) is 0 Å². The highest BCUT2D eigenvalue weighted by molar-refractivity contribution is 5.42. The topological polar surface area (TPSA) is 24.9 Å². The summed E-state index contributed by atoms with van der Waals surface area (Å²) in [7, 11) is 7.53. The second-order valence-corrected chi connectivity index (χ2v) is 4.86. The standard InChI is InChI=1S/C15H26N2O2/c1-6-17(10-9-16(2)3)12-13-7-8-14(18-4)15(11-13)19-5/h7-8,11H,6,9-10,12H2,1-5H3. The molecule has 0 bridgehead atoms. The Morgan fingerprint density at radius 3 is 2.21 bits per heavy atom. The molecule has 0 heterocycles. The minimum atomic E-state index is 0.780. The number of rotatable bonds is 8. The summed E-state index contributed by atoms with van der Waals surface area (Å²) in [5.74, 6) is 1.58. The molecule has 1 aromatic rings. The van der Waals surface area contributed by atoms with Crippen molar-refractivity contribution in [1.82, 2.24) is 9.80 Å². The number of likely N-dealkylation sites (N-methyl/N-ethyl adjacent to an activating group) is 2. The fourth-order valence-corrected chi connectivity index (χ4v) is 1.93. The number of benzene rings is 1. The van der Waals surface area contributed by atoms with Gasteiger partial charge in [0.25, 0.3) is 0 Å². The van der Waals surface area contributed by atoms with E-state index in [4.69, 9.17) is 9.47 Å². The van der Waals surface area contributed by atoms with Crippen molar-refractivity contribution in [2.45, 2.75) is 13.5 Å². The van der Waals surface area contributed by atoms with E-state index >= 15 is 0 Å². The Morgan fingerprint density at radius 1 is 1.00 bits per heavy atom. The molecule has 0 spiro atoms. The van der Waals surface area contributed by atoms with Gasteiger partial charge < -0.3 is 14.4 Å². The largest absolute Gasteiger partial charge is 0.493 e. The molecular weight excluding hydrogens is 240 g/mol. The second-order valence-electron chi connectivity index (χ2n) is 4.86. The van der Waals surface area contributed by atoms with E-state index in [0.717, 1.165) is 37.7 Å². The summed E-state index contributed by atoms with van der Waals surface area (Å²) < 4.78 is 10.6. The Hall–Kier alpha value is -1.26. The third-order valence-electron chi connectivity index (χ3n) is 3.16. The molecule has 0 radical (unpaired) electrons. The van der Waals surface area contributed by atoms with Crippen molar-refractivity contribution < 1.29 is 9.47 Å². The maximum absolute atomic E-state index is 5.34.